The summed E-state index contributed by atoms with van der Waals surface area (Å²) in [4.78, 5) is 34.9. The molecular weight excluding hydrogens is 716 g/mol. The van der Waals surface area contributed by atoms with Crippen LogP contribution in [-0.2, 0) is 29.0 Å². The average Bonchev–Trinajstić information content (AvgIpc) is 4.02. The Labute approximate surface area is 328 Å². The first-order chi connectivity index (χ1) is 26.9. The van der Waals surface area contributed by atoms with Crippen LogP contribution in [-0.4, -0.2) is 122 Å². The minimum absolute atomic E-state index is 0.00212. The summed E-state index contributed by atoms with van der Waals surface area (Å²) >= 11 is 6.79. The van der Waals surface area contributed by atoms with Gasteiger partial charge in [-0.1, -0.05) is 66.2 Å². The standard InChI is InChI=1S/C42H49ClN8O4/c1-53-26-25-47-19-22-50(23-20-47)42(15-16-42)30-55-40-45-36-28-48(37-12-6-10-32-9-5-11-35(43)38(32)37)18-14-34(36)39(46-40)49-21-24-51(33(27-49)13-17-44)41(52)54-29-31-7-3-2-4-8-31/h2-12,33H,13-16,18-30H2,1H3/t33-/m0/s1. The van der Waals surface area contributed by atoms with E-state index in [1.165, 1.54) is 0 Å². The summed E-state index contributed by atoms with van der Waals surface area (Å²) in [5.74, 6) is 0.826. The zero-order valence-electron chi connectivity index (χ0n) is 31.5. The van der Waals surface area contributed by atoms with Gasteiger partial charge in [-0.05, 0) is 42.3 Å². The maximum atomic E-state index is 13.4. The lowest BCUT2D eigenvalue weighted by molar-refractivity contribution is 0.0454. The fraction of sp³-hybridized carbons (Fsp3) is 0.476. The minimum Gasteiger partial charge on any atom is -0.461 e. The number of fused-ring (bicyclic) bond motifs is 2. The predicted molar refractivity (Wildman–Crippen MR) is 213 cm³/mol. The van der Waals surface area contributed by atoms with Crippen molar-refractivity contribution in [3.8, 4) is 12.1 Å². The number of hydrogen-bond donors (Lipinski definition) is 0. The Morgan fingerprint density at radius 1 is 0.945 bits per heavy atom. The third-order valence-corrected chi connectivity index (χ3v) is 12.0. The van der Waals surface area contributed by atoms with Gasteiger partial charge in [-0.15, -0.1) is 0 Å². The zero-order valence-corrected chi connectivity index (χ0v) is 32.3. The zero-order chi connectivity index (χ0) is 37.8. The van der Waals surface area contributed by atoms with E-state index in [0.717, 1.165) is 109 Å². The average molecular weight is 765 g/mol. The lowest BCUT2D eigenvalue weighted by Gasteiger charge is -2.42. The Bertz CT molecular complexity index is 2010. The first kappa shape index (κ1) is 37.3. The van der Waals surface area contributed by atoms with E-state index in [1.807, 2.05) is 42.5 Å². The summed E-state index contributed by atoms with van der Waals surface area (Å²) in [5.41, 5.74) is 4.01. The Kier molecular flexibility index (Phi) is 11.2. The Morgan fingerprint density at radius 2 is 1.75 bits per heavy atom. The molecule has 1 saturated carbocycles. The molecule has 8 rings (SSSR count). The van der Waals surface area contributed by atoms with Crippen molar-refractivity contribution in [2.45, 2.75) is 50.4 Å². The number of ether oxygens (including phenoxy) is 3. The number of benzene rings is 3. The van der Waals surface area contributed by atoms with Crippen molar-refractivity contribution < 1.29 is 19.0 Å². The molecule has 288 valence electrons. The van der Waals surface area contributed by atoms with Gasteiger partial charge in [0.15, 0.2) is 0 Å². The molecule has 12 nitrogen and oxygen atoms in total. The van der Waals surface area contributed by atoms with E-state index in [4.69, 9.17) is 35.8 Å². The number of nitriles is 1. The number of carbonyl (C=O) groups excluding carboxylic acids is 1. The molecule has 1 amide bonds. The van der Waals surface area contributed by atoms with Crippen LogP contribution in [0.15, 0.2) is 66.7 Å². The molecule has 0 radical (unpaired) electrons. The smallest absolute Gasteiger partial charge is 0.410 e. The maximum absolute atomic E-state index is 13.4. The van der Waals surface area contributed by atoms with Gasteiger partial charge in [-0.2, -0.15) is 15.2 Å². The number of rotatable bonds is 12. The molecule has 1 atom stereocenters. The van der Waals surface area contributed by atoms with Crippen LogP contribution in [0.3, 0.4) is 0 Å². The molecule has 4 aliphatic rings. The normalized spacial score (nSPS) is 19.9. The molecule has 1 aromatic heterocycles. The second-order valence-electron chi connectivity index (χ2n) is 15.1. The van der Waals surface area contributed by atoms with Crippen molar-refractivity contribution in [1.82, 2.24) is 24.7 Å². The van der Waals surface area contributed by atoms with Gasteiger partial charge in [0, 0.05) is 82.6 Å². The third kappa shape index (κ3) is 8.17. The van der Waals surface area contributed by atoms with Gasteiger partial charge in [0.05, 0.1) is 47.9 Å². The molecule has 13 heteroatoms. The summed E-state index contributed by atoms with van der Waals surface area (Å²) < 4.78 is 17.6. The van der Waals surface area contributed by atoms with Crippen LogP contribution in [0.1, 0.15) is 36.1 Å². The summed E-state index contributed by atoms with van der Waals surface area (Å²) in [5, 5.41) is 12.7. The number of nitrogens with zero attached hydrogens (tertiary/aromatic N) is 8. The second-order valence-corrected chi connectivity index (χ2v) is 15.5. The summed E-state index contributed by atoms with van der Waals surface area (Å²) in [6.07, 6.45) is 2.69. The van der Waals surface area contributed by atoms with Crippen molar-refractivity contribution in [1.29, 1.82) is 5.26 Å². The van der Waals surface area contributed by atoms with Crippen molar-refractivity contribution in [3.63, 3.8) is 0 Å². The van der Waals surface area contributed by atoms with E-state index in [9.17, 15) is 10.1 Å². The monoisotopic (exact) mass is 764 g/mol. The number of anilines is 2. The van der Waals surface area contributed by atoms with Crippen molar-refractivity contribution >= 4 is 40.0 Å². The van der Waals surface area contributed by atoms with Gasteiger partial charge in [0.2, 0.25) is 0 Å². The third-order valence-electron chi connectivity index (χ3n) is 11.7. The lowest BCUT2D eigenvalue weighted by Crippen LogP contribution is -2.56. The van der Waals surface area contributed by atoms with Crippen LogP contribution in [0, 0.1) is 11.3 Å². The van der Waals surface area contributed by atoms with Crippen molar-refractivity contribution in [3.05, 3.63) is 88.6 Å². The van der Waals surface area contributed by atoms with Gasteiger partial charge in [0.1, 0.15) is 19.0 Å². The number of aromatic nitrogens is 2. The van der Waals surface area contributed by atoms with Gasteiger partial charge >= 0.3 is 12.1 Å². The molecule has 0 spiro atoms. The molecule has 1 aliphatic carbocycles. The highest BCUT2D eigenvalue weighted by Crippen LogP contribution is 2.43. The van der Waals surface area contributed by atoms with Gasteiger partial charge in [-0.3, -0.25) is 9.80 Å². The fourth-order valence-corrected chi connectivity index (χ4v) is 8.67. The molecule has 3 fully saturated rings. The number of hydrogen-bond acceptors (Lipinski definition) is 11. The van der Waals surface area contributed by atoms with Gasteiger partial charge in [-0.25, -0.2) is 4.79 Å². The van der Waals surface area contributed by atoms with Crippen molar-refractivity contribution in [2.75, 3.05) is 89.0 Å². The molecule has 3 aliphatic heterocycles. The van der Waals surface area contributed by atoms with Gasteiger partial charge in [0.25, 0.3) is 0 Å². The summed E-state index contributed by atoms with van der Waals surface area (Å²) in [6.45, 7) is 9.23. The molecule has 0 bridgehead atoms. The van der Waals surface area contributed by atoms with Crippen LogP contribution >= 0.6 is 11.6 Å². The molecule has 2 saturated heterocycles. The molecule has 0 N–H and O–H groups in total. The first-order valence-electron chi connectivity index (χ1n) is 19.4. The van der Waals surface area contributed by atoms with Crippen LogP contribution in [0.5, 0.6) is 6.01 Å². The predicted octanol–water partition coefficient (Wildman–Crippen LogP) is 5.76. The highest BCUT2D eigenvalue weighted by atomic mass is 35.5. The molecule has 3 aromatic carbocycles. The number of piperazine rings is 2. The first-order valence-corrected chi connectivity index (χ1v) is 19.8. The molecule has 4 heterocycles. The van der Waals surface area contributed by atoms with Crippen LogP contribution in [0.2, 0.25) is 5.02 Å². The van der Waals surface area contributed by atoms with E-state index < -0.39 is 6.09 Å². The highest BCUT2D eigenvalue weighted by Gasteiger charge is 2.49. The maximum Gasteiger partial charge on any atom is 0.410 e. The lowest BCUT2D eigenvalue weighted by atomic mass is 10.0. The number of carbonyl (C=O) groups is 1. The van der Waals surface area contributed by atoms with Crippen molar-refractivity contribution in [2.24, 2.45) is 0 Å². The summed E-state index contributed by atoms with van der Waals surface area (Å²) in [6, 6.07) is 24.3. The molecule has 4 aromatic rings. The van der Waals surface area contributed by atoms with Crippen LogP contribution < -0.4 is 14.5 Å². The van der Waals surface area contributed by atoms with E-state index in [2.05, 4.69) is 49.9 Å². The van der Waals surface area contributed by atoms with Crippen LogP contribution in [0.25, 0.3) is 10.8 Å². The van der Waals surface area contributed by atoms with Gasteiger partial charge < -0.3 is 28.9 Å². The minimum atomic E-state index is -0.406. The highest BCUT2D eigenvalue weighted by molar-refractivity contribution is 6.36. The number of methoxy groups -OCH3 is 1. The largest absolute Gasteiger partial charge is 0.461 e. The van der Waals surface area contributed by atoms with Crippen LogP contribution in [0.4, 0.5) is 16.3 Å². The molecular formula is C42H49ClN8O4. The van der Waals surface area contributed by atoms with E-state index in [-0.39, 0.29) is 24.6 Å². The quantitative estimate of drug-likeness (QED) is 0.176. The topological polar surface area (TPSA) is 111 Å². The van der Waals surface area contributed by atoms with E-state index >= 15 is 0 Å². The Hall–Kier alpha value is -4.67. The van der Waals surface area contributed by atoms with E-state index in [1.54, 1.807) is 12.0 Å². The fourth-order valence-electron chi connectivity index (χ4n) is 8.39. The second kappa shape index (κ2) is 16.6. The SMILES string of the molecule is COCCN1CCN(C2(COc3nc4c(c(N5CCN(C(=O)OCc6ccccc6)[C@@H](CC#N)C5)n3)CCN(c3cccc5cccc(Cl)c35)C4)CC2)CC1. The number of halogens is 1. The van der Waals surface area contributed by atoms with E-state index in [0.29, 0.717) is 38.8 Å². The number of amides is 1. The molecule has 55 heavy (non-hydrogen) atoms. The summed E-state index contributed by atoms with van der Waals surface area (Å²) in [7, 11) is 1.76. The Balaban J connectivity index is 1.04. The molecule has 0 unspecified atom stereocenters. The Morgan fingerprint density at radius 3 is 2.51 bits per heavy atom.